The second-order valence-corrected chi connectivity index (χ2v) is 9.22. The molecule has 0 saturated carbocycles. The number of halogens is 6. The number of para-hydroxylation sites is 1. The molecular weight excluding hydrogens is 474 g/mol. The van der Waals surface area contributed by atoms with Crippen molar-refractivity contribution < 1.29 is 39.5 Å². The van der Waals surface area contributed by atoms with E-state index in [1.54, 1.807) is 0 Å². The summed E-state index contributed by atoms with van der Waals surface area (Å²) in [6.07, 6.45) is -5.43. The summed E-state index contributed by atoms with van der Waals surface area (Å²) in [5, 5.41) is 0. The van der Waals surface area contributed by atoms with Crippen LogP contribution in [0.1, 0.15) is 5.56 Å². The Hall–Kier alpha value is -2.83. The van der Waals surface area contributed by atoms with Crippen molar-refractivity contribution in [1.82, 2.24) is 3.89 Å². The lowest BCUT2D eigenvalue weighted by Gasteiger charge is -2.38. The van der Waals surface area contributed by atoms with Gasteiger partial charge in [-0.2, -0.15) is 38.6 Å². The third-order valence-electron chi connectivity index (χ3n) is 4.96. The molecule has 5 nitrogen and oxygen atoms in total. The summed E-state index contributed by atoms with van der Waals surface area (Å²) in [6, 6.07) is 9.28. The molecule has 33 heavy (non-hydrogen) atoms. The van der Waals surface area contributed by atoms with E-state index in [2.05, 4.69) is 0 Å². The van der Waals surface area contributed by atoms with E-state index in [-0.39, 0.29) is 30.2 Å². The van der Waals surface area contributed by atoms with Crippen LogP contribution >= 0.6 is 0 Å². The Bertz CT molecular complexity index is 1170. The van der Waals surface area contributed by atoms with Gasteiger partial charge in [-0.1, -0.05) is 18.2 Å². The maximum absolute atomic E-state index is 13.2. The molecule has 0 aliphatic carbocycles. The molecule has 1 atom stereocenters. The van der Waals surface area contributed by atoms with Crippen LogP contribution in [0.2, 0.25) is 0 Å². The molecule has 1 aliphatic heterocycles. The zero-order valence-electron chi connectivity index (χ0n) is 16.9. The molecule has 1 aliphatic rings. The van der Waals surface area contributed by atoms with Crippen molar-refractivity contribution >= 4 is 15.7 Å². The molecule has 0 saturated heterocycles. The average Bonchev–Trinajstić information content (AvgIpc) is 2.72. The number of quaternary nitrogens is 1. The molecule has 0 bridgehead atoms. The van der Waals surface area contributed by atoms with Gasteiger partial charge in [0.2, 0.25) is 0 Å². The zero-order chi connectivity index (χ0) is 24.5. The Morgan fingerprint density at radius 2 is 1.61 bits per heavy atom. The third-order valence-corrected chi connectivity index (χ3v) is 7.19. The molecular formula is C21H19F6N2O3S+. The molecule has 0 radical (unpaired) electrons. The molecule has 0 fully saturated rings. The Balaban J connectivity index is 2.04. The molecule has 12 heteroatoms. The Morgan fingerprint density at radius 3 is 2.18 bits per heavy atom. The summed E-state index contributed by atoms with van der Waals surface area (Å²) in [5.41, 5.74) is 4.61. The van der Waals surface area contributed by atoms with Crippen molar-refractivity contribution in [3.05, 3.63) is 78.0 Å². The normalized spacial score (nSPS) is 19.3. The number of sulfonamides is 1. The van der Waals surface area contributed by atoms with E-state index < -0.39 is 43.3 Å². The Kier molecular flexibility index (Phi) is 6.65. The molecule has 2 aromatic carbocycles. The number of hydrogen-bond acceptors (Lipinski definition) is 4. The number of ether oxygens (including phenoxy) is 1. The first kappa shape index (κ1) is 24.8. The summed E-state index contributed by atoms with van der Waals surface area (Å²) in [5.74, 6) is -2.62. The van der Waals surface area contributed by atoms with Crippen LogP contribution in [-0.4, -0.2) is 33.4 Å². The lowest BCUT2D eigenvalue weighted by Crippen LogP contribution is -2.58. The van der Waals surface area contributed by atoms with Crippen molar-refractivity contribution in [2.45, 2.75) is 12.4 Å². The lowest BCUT2D eigenvalue weighted by atomic mass is 10.2. The van der Waals surface area contributed by atoms with E-state index in [9.17, 15) is 34.8 Å². The second kappa shape index (κ2) is 8.84. The fourth-order valence-electron chi connectivity index (χ4n) is 3.55. The van der Waals surface area contributed by atoms with Crippen LogP contribution < -0.4 is 14.4 Å². The SMILES string of the molecule is NCC1=CC=CC[N+]1(c1ccc(Oc2ccccc2C(F)(F)F)cc1)S(=O)(=O)CC(F)(F)F. The summed E-state index contributed by atoms with van der Waals surface area (Å²) in [4.78, 5) is 0. The number of alkyl halides is 6. The first-order chi connectivity index (χ1) is 15.3. The van der Waals surface area contributed by atoms with E-state index in [0.717, 1.165) is 12.1 Å². The summed E-state index contributed by atoms with van der Waals surface area (Å²) < 4.78 is 109. The van der Waals surface area contributed by atoms with Crippen molar-refractivity contribution in [3.63, 3.8) is 0 Å². The highest BCUT2D eigenvalue weighted by atomic mass is 32.2. The van der Waals surface area contributed by atoms with Gasteiger partial charge in [-0.25, -0.2) is 0 Å². The number of benzene rings is 2. The van der Waals surface area contributed by atoms with Gasteiger partial charge in [-0.15, -0.1) is 0 Å². The van der Waals surface area contributed by atoms with Crippen LogP contribution in [0.15, 0.2) is 72.5 Å². The van der Waals surface area contributed by atoms with Gasteiger partial charge in [0.1, 0.15) is 23.7 Å². The van der Waals surface area contributed by atoms with Gasteiger partial charge in [0.05, 0.1) is 12.1 Å². The Labute approximate surface area is 186 Å². The quantitative estimate of drug-likeness (QED) is 0.449. The van der Waals surface area contributed by atoms with Gasteiger partial charge in [-0.05, 0) is 36.4 Å². The minimum Gasteiger partial charge on any atom is -0.457 e. The molecule has 2 aromatic rings. The molecule has 1 unspecified atom stereocenters. The third kappa shape index (κ3) is 5.07. The first-order valence-electron chi connectivity index (χ1n) is 9.49. The zero-order valence-corrected chi connectivity index (χ0v) is 17.7. The van der Waals surface area contributed by atoms with Crippen LogP contribution in [0.3, 0.4) is 0 Å². The number of allylic oxidation sites excluding steroid dienone is 2. The predicted octanol–water partition coefficient (Wildman–Crippen LogP) is 5.11. The monoisotopic (exact) mass is 493 g/mol. The van der Waals surface area contributed by atoms with E-state index in [4.69, 9.17) is 10.5 Å². The highest BCUT2D eigenvalue weighted by molar-refractivity contribution is 7.91. The number of nitrogens with two attached hydrogens (primary N) is 1. The van der Waals surface area contributed by atoms with E-state index in [0.29, 0.717) is 0 Å². The highest BCUT2D eigenvalue weighted by Crippen LogP contribution is 2.41. The van der Waals surface area contributed by atoms with Crippen molar-refractivity contribution in [1.29, 1.82) is 0 Å². The van der Waals surface area contributed by atoms with Gasteiger partial charge < -0.3 is 10.5 Å². The fraction of sp³-hybridized carbons (Fsp3) is 0.238. The van der Waals surface area contributed by atoms with Crippen LogP contribution in [0, 0.1) is 0 Å². The number of rotatable bonds is 6. The van der Waals surface area contributed by atoms with Gasteiger partial charge in [0.15, 0.2) is 11.4 Å². The van der Waals surface area contributed by atoms with Crippen molar-refractivity contribution in [2.24, 2.45) is 5.73 Å². The molecule has 178 valence electrons. The second-order valence-electron chi connectivity index (χ2n) is 7.14. The lowest BCUT2D eigenvalue weighted by molar-refractivity contribution is -0.138. The largest absolute Gasteiger partial charge is 0.457 e. The van der Waals surface area contributed by atoms with Gasteiger partial charge in [-0.3, -0.25) is 0 Å². The van der Waals surface area contributed by atoms with Crippen molar-refractivity contribution in [3.8, 4) is 11.5 Å². The summed E-state index contributed by atoms with van der Waals surface area (Å²) >= 11 is 0. The average molecular weight is 493 g/mol. The highest BCUT2D eigenvalue weighted by Gasteiger charge is 2.52. The molecule has 2 N–H and O–H groups in total. The smallest absolute Gasteiger partial charge is 0.419 e. The maximum Gasteiger partial charge on any atom is 0.419 e. The van der Waals surface area contributed by atoms with Crippen molar-refractivity contribution in [2.75, 3.05) is 18.8 Å². The maximum atomic E-state index is 13.2. The summed E-state index contributed by atoms with van der Waals surface area (Å²) in [7, 11) is -4.89. The fourth-order valence-corrected chi connectivity index (χ4v) is 5.44. The topological polar surface area (TPSA) is 69.4 Å². The molecule has 0 spiro atoms. The van der Waals surface area contributed by atoms with Crippen LogP contribution in [0.5, 0.6) is 11.5 Å². The van der Waals surface area contributed by atoms with E-state index in [1.807, 2.05) is 0 Å². The molecule has 3 rings (SSSR count). The predicted molar refractivity (Wildman–Crippen MR) is 111 cm³/mol. The van der Waals surface area contributed by atoms with E-state index >= 15 is 0 Å². The number of nitrogens with zero attached hydrogens (tertiary/aromatic N) is 1. The van der Waals surface area contributed by atoms with Crippen LogP contribution in [0.25, 0.3) is 0 Å². The Morgan fingerprint density at radius 1 is 0.970 bits per heavy atom. The van der Waals surface area contributed by atoms with E-state index in [1.165, 1.54) is 54.6 Å². The van der Waals surface area contributed by atoms with Crippen LogP contribution in [-0.2, 0) is 16.2 Å². The van der Waals surface area contributed by atoms with Gasteiger partial charge in [0, 0.05) is 12.1 Å². The number of hydrogen-bond donors (Lipinski definition) is 1. The van der Waals surface area contributed by atoms with Crippen LogP contribution in [0.4, 0.5) is 32.0 Å². The standard InChI is InChI=1S/C21H19F6N2O3S/c22-20(23,24)14-33(30,31)29(12-4-3-5-16(29)13-28)15-8-10-17(11-9-15)32-19-7-2-1-6-18(19)21(25,26)27/h1-11H,12-14,28H2/q+1. The molecule has 0 aromatic heterocycles. The molecule has 1 heterocycles. The minimum atomic E-state index is -4.99. The van der Waals surface area contributed by atoms with Gasteiger partial charge >= 0.3 is 22.4 Å². The summed E-state index contributed by atoms with van der Waals surface area (Å²) in [6.45, 7) is -0.669. The molecule has 0 amide bonds. The first-order valence-corrected chi connectivity index (χ1v) is 11.1. The van der Waals surface area contributed by atoms with Gasteiger partial charge in [0.25, 0.3) is 0 Å². The minimum absolute atomic E-state index is 0.0119.